The second kappa shape index (κ2) is 7.36. The first-order valence-corrected chi connectivity index (χ1v) is 6.20. The largest absolute Gasteiger partial charge is 0.500 e. The Morgan fingerprint density at radius 2 is 1.74 bits per heavy atom. The molecule has 0 saturated heterocycles. The van der Waals surface area contributed by atoms with E-state index in [-0.39, 0.29) is 12.2 Å². The molecule has 4 nitrogen and oxygen atoms in total. The van der Waals surface area contributed by atoms with E-state index in [0.29, 0.717) is 12.2 Å². The van der Waals surface area contributed by atoms with E-state index in [1.807, 2.05) is 19.1 Å². The van der Waals surface area contributed by atoms with Gasteiger partial charge in [0.2, 0.25) is 5.78 Å². The van der Waals surface area contributed by atoms with Crippen LogP contribution in [-0.2, 0) is 14.3 Å². The van der Waals surface area contributed by atoms with Crippen LogP contribution in [0.15, 0.2) is 36.1 Å². The van der Waals surface area contributed by atoms with Crippen LogP contribution in [0.25, 0.3) is 0 Å². The van der Waals surface area contributed by atoms with Crippen LogP contribution in [0.3, 0.4) is 0 Å². The summed E-state index contributed by atoms with van der Waals surface area (Å²) in [6, 6.07) is 6.99. The summed E-state index contributed by atoms with van der Waals surface area (Å²) in [6.45, 7) is 5.98. The van der Waals surface area contributed by atoms with Gasteiger partial charge in [0.15, 0.2) is 0 Å². The molecule has 1 rings (SSSR count). The maximum atomic E-state index is 12.2. The van der Waals surface area contributed by atoms with E-state index in [1.54, 1.807) is 26.0 Å². The normalized spacial score (nSPS) is 11.0. The van der Waals surface area contributed by atoms with Gasteiger partial charge in [-0.1, -0.05) is 29.8 Å². The van der Waals surface area contributed by atoms with Crippen LogP contribution >= 0.6 is 0 Å². The molecule has 0 aliphatic rings. The second-order valence-electron chi connectivity index (χ2n) is 3.90. The minimum absolute atomic E-state index is 0.0902. The molecule has 0 spiro atoms. The van der Waals surface area contributed by atoms with Crippen LogP contribution in [0, 0.1) is 6.92 Å². The van der Waals surface area contributed by atoms with E-state index in [2.05, 4.69) is 0 Å². The highest BCUT2D eigenvalue weighted by atomic mass is 16.5. The van der Waals surface area contributed by atoms with Crippen LogP contribution in [0.4, 0.5) is 0 Å². The fraction of sp³-hybridized carbons (Fsp3) is 0.333. The van der Waals surface area contributed by atoms with Crippen LogP contribution in [0.2, 0.25) is 0 Å². The maximum Gasteiger partial charge on any atom is 0.345 e. The number of aryl methyl sites for hydroxylation is 1. The Kier molecular flexibility index (Phi) is 5.79. The summed E-state index contributed by atoms with van der Waals surface area (Å²) in [6.07, 6.45) is 1.17. The van der Waals surface area contributed by atoms with Gasteiger partial charge >= 0.3 is 5.97 Å². The lowest BCUT2D eigenvalue weighted by Crippen LogP contribution is -2.16. The van der Waals surface area contributed by atoms with Crippen molar-refractivity contribution in [3.05, 3.63) is 47.2 Å². The smallest absolute Gasteiger partial charge is 0.345 e. The number of carbonyl (C=O) groups is 2. The van der Waals surface area contributed by atoms with Gasteiger partial charge in [0.05, 0.1) is 13.2 Å². The summed E-state index contributed by atoms with van der Waals surface area (Å²) < 4.78 is 9.91. The van der Waals surface area contributed by atoms with Crippen LogP contribution < -0.4 is 0 Å². The van der Waals surface area contributed by atoms with E-state index in [1.165, 1.54) is 6.26 Å². The molecule has 4 heteroatoms. The fourth-order valence-corrected chi connectivity index (χ4v) is 1.43. The monoisotopic (exact) mass is 262 g/mol. The summed E-state index contributed by atoms with van der Waals surface area (Å²) in [4.78, 5) is 24.0. The first kappa shape index (κ1) is 15.0. The molecule has 0 amide bonds. The molecule has 1 aromatic rings. The molecular formula is C15H18O4. The predicted octanol–water partition coefficient (Wildman–Crippen LogP) is 2.66. The Morgan fingerprint density at radius 1 is 1.11 bits per heavy atom. The summed E-state index contributed by atoms with van der Waals surface area (Å²) in [5.41, 5.74) is 1.39. The minimum Gasteiger partial charge on any atom is -0.500 e. The number of Topliss-reactive ketones (excluding diaryl/α,β-unsaturated/α-hetero) is 1. The minimum atomic E-state index is -0.665. The van der Waals surface area contributed by atoms with Gasteiger partial charge in [-0.15, -0.1) is 0 Å². The summed E-state index contributed by atoms with van der Waals surface area (Å²) >= 11 is 0. The van der Waals surface area contributed by atoms with Gasteiger partial charge in [0.25, 0.3) is 0 Å². The van der Waals surface area contributed by atoms with Gasteiger partial charge in [0, 0.05) is 5.56 Å². The van der Waals surface area contributed by atoms with Gasteiger partial charge in [-0.2, -0.15) is 0 Å². The molecule has 0 heterocycles. The van der Waals surface area contributed by atoms with E-state index >= 15 is 0 Å². The molecule has 0 saturated carbocycles. The number of carbonyl (C=O) groups excluding carboxylic acids is 2. The van der Waals surface area contributed by atoms with Crippen molar-refractivity contribution in [2.45, 2.75) is 20.8 Å². The number of hydrogen-bond acceptors (Lipinski definition) is 4. The van der Waals surface area contributed by atoms with Crippen molar-refractivity contribution in [3.8, 4) is 0 Å². The number of benzene rings is 1. The molecule has 0 fully saturated rings. The lowest BCUT2D eigenvalue weighted by Gasteiger charge is -2.07. The summed E-state index contributed by atoms with van der Waals surface area (Å²) in [5.74, 6) is -1.06. The number of hydrogen-bond donors (Lipinski definition) is 0. The number of esters is 1. The van der Waals surface area contributed by atoms with Crippen molar-refractivity contribution in [1.29, 1.82) is 0 Å². The first-order chi connectivity index (χ1) is 9.10. The van der Waals surface area contributed by atoms with E-state index in [0.717, 1.165) is 5.56 Å². The standard InChI is InChI=1S/C15H18O4/c1-4-18-10-13(15(17)19-5-2)14(16)12-8-6-11(3)7-9-12/h6-10H,4-5H2,1-3H3/b13-10-. The number of ketones is 1. The average molecular weight is 262 g/mol. The SMILES string of the molecule is CCO/C=C(\C(=O)OCC)C(=O)c1ccc(C)cc1. The molecule has 0 bridgehead atoms. The van der Waals surface area contributed by atoms with E-state index in [9.17, 15) is 9.59 Å². The van der Waals surface area contributed by atoms with Crippen molar-refractivity contribution >= 4 is 11.8 Å². The van der Waals surface area contributed by atoms with Crippen LogP contribution in [0.1, 0.15) is 29.8 Å². The second-order valence-corrected chi connectivity index (χ2v) is 3.90. The number of ether oxygens (including phenoxy) is 2. The summed E-state index contributed by atoms with van der Waals surface area (Å²) in [5, 5.41) is 0. The molecule has 0 aromatic heterocycles. The molecule has 0 aliphatic carbocycles. The van der Waals surface area contributed by atoms with Crippen molar-refractivity contribution < 1.29 is 19.1 Å². The highest BCUT2D eigenvalue weighted by Gasteiger charge is 2.21. The highest BCUT2D eigenvalue weighted by molar-refractivity contribution is 6.24. The van der Waals surface area contributed by atoms with Crippen LogP contribution in [0.5, 0.6) is 0 Å². The zero-order chi connectivity index (χ0) is 14.3. The van der Waals surface area contributed by atoms with Crippen molar-refractivity contribution in [2.75, 3.05) is 13.2 Å². The molecule has 0 N–H and O–H groups in total. The molecule has 0 aliphatic heterocycles. The van der Waals surface area contributed by atoms with E-state index < -0.39 is 11.8 Å². The average Bonchev–Trinajstić information content (AvgIpc) is 2.40. The first-order valence-electron chi connectivity index (χ1n) is 6.20. The molecule has 0 unspecified atom stereocenters. The van der Waals surface area contributed by atoms with E-state index in [4.69, 9.17) is 9.47 Å². The molecular weight excluding hydrogens is 244 g/mol. The molecule has 0 radical (unpaired) electrons. The Balaban J connectivity index is 3.00. The predicted molar refractivity (Wildman–Crippen MR) is 71.9 cm³/mol. The Morgan fingerprint density at radius 3 is 2.26 bits per heavy atom. The molecule has 19 heavy (non-hydrogen) atoms. The van der Waals surface area contributed by atoms with Gasteiger partial charge in [-0.25, -0.2) is 4.79 Å². The maximum absolute atomic E-state index is 12.2. The summed E-state index contributed by atoms with van der Waals surface area (Å²) in [7, 11) is 0. The Hall–Kier alpha value is -2.10. The topological polar surface area (TPSA) is 52.6 Å². The van der Waals surface area contributed by atoms with Gasteiger partial charge in [0.1, 0.15) is 11.8 Å². The molecule has 102 valence electrons. The molecule has 1 aromatic carbocycles. The third-order valence-electron chi connectivity index (χ3n) is 2.42. The van der Waals surface area contributed by atoms with Crippen molar-refractivity contribution in [1.82, 2.24) is 0 Å². The van der Waals surface area contributed by atoms with Gasteiger partial charge in [-0.05, 0) is 20.8 Å². The van der Waals surface area contributed by atoms with Crippen molar-refractivity contribution in [2.24, 2.45) is 0 Å². The quantitative estimate of drug-likeness (QED) is 0.197. The fourth-order valence-electron chi connectivity index (χ4n) is 1.43. The highest BCUT2D eigenvalue weighted by Crippen LogP contribution is 2.12. The molecule has 0 atom stereocenters. The zero-order valence-electron chi connectivity index (χ0n) is 11.4. The lowest BCUT2D eigenvalue weighted by molar-refractivity contribution is -0.138. The van der Waals surface area contributed by atoms with Crippen molar-refractivity contribution in [3.63, 3.8) is 0 Å². The van der Waals surface area contributed by atoms with Crippen LogP contribution in [-0.4, -0.2) is 25.0 Å². The van der Waals surface area contributed by atoms with Gasteiger partial charge in [-0.3, -0.25) is 4.79 Å². The third-order valence-corrected chi connectivity index (χ3v) is 2.42. The zero-order valence-corrected chi connectivity index (χ0v) is 11.4. The number of rotatable bonds is 6. The van der Waals surface area contributed by atoms with Gasteiger partial charge < -0.3 is 9.47 Å². The Bertz CT molecular complexity index is 471. The lowest BCUT2D eigenvalue weighted by atomic mass is 10.0. The Labute approximate surface area is 113 Å². The third kappa shape index (κ3) is 4.25.